The third-order valence-corrected chi connectivity index (χ3v) is 3.88. The first kappa shape index (κ1) is 19.2. The largest absolute Gasteiger partial charge is 0.493 e. The number of aromatic nitrogens is 4. The number of carbonyl (C=O) groups is 1. The van der Waals surface area contributed by atoms with Crippen LogP contribution < -0.4 is 9.47 Å². The van der Waals surface area contributed by atoms with Crippen LogP contribution in [-0.4, -0.2) is 39.9 Å². The maximum atomic E-state index is 12.3. The molecule has 0 bridgehead atoms. The molecule has 0 radical (unpaired) electrons. The van der Waals surface area contributed by atoms with Crippen LogP contribution in [0.25, 0.3) is 0 Å². The molecule has 0 aliphatic carbocycles. The molecule has 0 atom stereocenters. The lowest BCUT2D eigenvalue weighted by molar-refractivity contribution is 0.0456. The molecule has 0 saturated carbocycles. The molecular formula is C16H21BrN4O4. The van der Waals surface area contributed by atoms with Gasteiger partial charge in [0.2, 0.25) is 0 Å². The molecule has 0 saturated heterocycles. The van der Waals surface area contributed by atoms with Gasteiger partial charge in [-0.1, -0.05) is 13.8 Å². The number of methoxy groups -OCH3 is 1. The fraction of sp³-hybridized carbons (Fsp3) is 0.500. The number of esters is 1. The SMILES string of the molecule is CCCOc1c(Br)cc(C(=O)OCc2nnnn2CCC)cc1OC. The van der Waals surface area contributed by atoms with Crippen LogP contribution >= 0.6 is 15.9 Å². The summed E-state index contributed by atoms with van der Waals surface area (Å²) in [6.45, 7) is 5.25. The van der Waals surface area contributed by atoms with Crippen molar-refractivity contribution in [1.82, 2.24) is 20.2 Å². The van der Waals surface area contributed by atoms with Crippen LogP contribution in [0, 0.1) is 0 Å². The van der Waals surface area contributed by atoms with Gasteiger partial charge in [0.25, 0.3) is 0 Å². The normalized spacial score (nSPS) is 10.6. The van der Waals surface area contributed by atoms with Gasteiger partial charge in [0.15, 0.2) is 23.9 Å². The first-order valence-electron chi connectivity index (χ1n) is 8.03. The number of hydrogen-bond donors (Lipinski definition) is 0. The van der Waals surface area contributed by atoms with E-state index in [0.717, 1.165) is 12.8 Å². The molecular weight excluding hydrogens is 392 g/mol. The Bertz CT molecular complexity index is 720. The van der Waals surface area contributed by atoms with Gasteiger partial charge in [0.05, 0.1) is 23.8 Å². The van der Waals surface area contributed by atoms with Gasteiger partial charge in [-0.25, -0.2) is 9.48 Å². The highest BCUT2D eigenvalue weighted by Crippen LogP contribution is 2.37. The molecule has 2 rings (SSSR count). The molecule has 136 valence electrons. The lowest BCUT2D eigenvalue weighted by Gasteiger charge is -2.13. The molecule has 0 fully saturated rings. The van der Waals surface area contributed by atoms with Crippen LogP contribution in [0.1, 0.15) is 42.9 Å². The number of aryl methyl sites for hydroxylation is 1. The van der Waals surface area contributed by atoms with Gasteiger partial charge in [-0.3, -0.25) is 0 Å². The lowest BCUT2D eigenvalue weighted by Crippen LogP contribution is -2.11. The van der Waals surface area contributed by atoms with Gasteiger partial charge in [0.1, 0.15) is 0 Å². The highest BCUT2D eigenvalue weighted by Gasteiger charge is 2.17. The summed E-state index contributed by atoms with van der Waals surface area (Å²) >= 11 is 3.41. The highest BCUT2D eigenvalue weighted by molar-refractivity contribution is 9.10. The van der Waals surface area contributed by atoms with Crippen molar-refractivity contribution in [2.45, 2.75) is 39.8 Å². The summed E-state index contributed by atoms with van der Waals surface area (Å²) in [5.41, 5.74) is 0.349. The quantitative estimate of drug-likeness (QED) is 0.584. The summed E-state index contributed by atoms with van der Waals surface area (Å²) in [6, 6.07) is 3.23. The molecule has 0 amide bonds. The predicted octanol–water partition coefficient (Wildman–Crippen LogP) is 3.00. The fourth-order valence-corrected chi connectivity index (χ4v) is 2.66. The average molecular weight is 413 g/mol. The minimum Gasteiger partial charge on any atom is -0.493 e. The number of benzene rings is 1. The first-order valence-corrected chi connectivity index (χ1v) is 8.82. The zero-order valence-electron chi connectivity index (χ0n) is 14.5. The second-order valence-electron chi connectivity index (χ2n) is 5.23. The summed E-state index contributed by atoms with van der Waals surface area (Å²) in [4.78, 5) is 12.3. The molecule has 1 aromatic carbocycles. The van der Waals surface area contributed by atoms with E-state index in [1.54, 1.807) is 16.8 Å². The zero-order chi connectivity index (χ0) is 18.2. The number of rotatable bonds is 9. The Kier molecular flexibility index (Phi) is 7.17. The minimum absolute atomic E-state index is 0.000145. The Labute approximate surface area is 154 Å². The Balaban J connectivity index is 2.10. The lowest BCUT2D eigenvalue weighted by atomic mass is 10.2. The van der Waals surface area contributed by atoms with E-state index in [4.69, 9.17) is 14.2 Å². The van der Waals surface area contributed by atoms with E-state index in [-0.39, 0.29) is 6.61 Å². The molecule has 25 heavy (non-hydrogen) atoms. The number of hydrogen-bond acceptors (Lipinski definition) is 7. The van der Waals surface area contributed by atoms with E-state index >= 15 is 0 Å². The van der Waals surface area contributed by atoms with Gasteiger partial charge in [-0.15, -0.1) is 5.10 Å². The van der Waals surface area contributed by atoms with E-state index in [9.17, 15) is 4.79 Å². The van der Waals surface area contributed by atoms with Gasteiger partial charge in [-0.2, -0.15) is 0 Å². The van der Waals surface area contributed by atoms with Crippen molar-refractivity contribution in [1.29, 1.82) is 0 Å². The topological polar surface area (TPSA) is 88.4 Å². The summed E-state index contributed by atoms with van der Waals surface area (Å²) in [5.74, 6) is 1.04. The molecule has 0 aliphatic heterocycles. The van der Waals surface area contributed by atoms with Gasteiger partial charge in [-0.05, 0) is 51.3 Å². The second-order valence-corrected chi connectivity index (χ2v) is 6.09. The van der Waals surface area contributed by atoms with Crippen LogP contribution in [0.4, 0.5) is 0 Å². The standard InChI is InChI=1S/C16H21BrN4O4/c1-4-6-21-14(18-19-20-21)10-25-16(22)11-8-12(17)15(24-7-5-2)13(9-11)23-3/h8-9H,4-7,10H2,1-3H3. The van der Waals surface area contributed by atoms with Crippen molar-refractivity contribution >= 4 is 21.9 Å². The van der Waals surface area contributed by atoms with Crippen LogP contribution in [0.15, 0.2) is 16.6 Å². The summed E-state index contributed by atoms with van der Waals surface area (Å²) < 4.78 is 18.5. The Morgan fingerprint density at radius 3 is 2.76 bits per heavy atom. The third kappa shape index (κ3) is 4.91. The molecule has 8 nitrogen and oxygen atoms in total. The van der Waals surface area contributed by atoms with Crippen molar-refractivity contribution in [3.8, 4) is 11.5 Å². The summed E-state index contributed by atoms with van der Waals surface area (Å²) in [7, 11) is 1.52. The molecule has 9 heteroatoms. The van der Waals surface area contributed by atoms with Crippen molar-refractivity contribution in [3.63, 3.8) is 0 Å². The summed E-state index contributed by atoms with van der Waals surface area (Å²) in [5, 5.41) is 11.3. The number of ether oxygens (including phenoxy) is 3. The van der Waals surface area contributed by atoms with E-state index in [1.165, 1.54) is 7.11 Å². The zero-order valence-corrected chi connectivity index (χ0v) is 16.1. The van der Waals surface area contributed by atoms with Crippen LogP contribution in [0.3, 0.4) is 0 Å². The fourth-order valence-electron chi connectivity index (χ4n) is 2.11. The summed E-state index contributed by atoms with van der Waals surface area (Å²) in [6.07, 6.45) is 1.75. The van der Waals surface area contributed by atoms with E-state index in [1.807, 2.05) is 13.8 Å². The Morgan fingerprint density at radius 2 is 2.08 bits per heavy atom. The van der Waals surface area contributed by atoms with E-state index < -0.39 is 5.97 Å². The van der Waals surface area contributed by atoms with Gasteiger partial charge in [0, 0.05) is 6.54 Å². The average Bonchev–Trinajstić information content (AvgIpc) is 3.05. The van der Waals surface area contributed by atoms with Crippen molar-refractivity contribution in [2.24, 2.45) is 0 Å². The number of carbonyl (C=O) groups excluding carboxylic acids is 1. The molecule has 0 N–H and O–H groups in total. The van der Waals surface area contributed by atoms with Gasteiger partial charge >= 0.3 is 5.97 Å². The van der Waals surface area contributed by atoms with Crippen LogP contribution in [0.5, 0.6) is 11.5 Å². The number of tetrazole rings is 1. The molecule has 0 spiro atoms. The van der Waals surface area contributed by atoms with Gasteiger partial charge < -0.3 is 14.2 Å². The Morgan fingerprint density at radius 1 is 1.28 bits per heavy atom. The third-order valence-electron chi connectivity index (χ3n) is 3.29. The Hall–Kier alpha value is -2.16. The molecule has 2 aromatic rings. The van der Waals surface area contributed by atoms with E-state index in [0.29, 0.717) is 40.5 Å². The van der Waals surface area contributed by atoms with Crippen molar-refractivity contribution < 1.29 is 19.0 Å². The van der Waals surface area contributed by atoms with E-state index in [2.05, 4.69) is 31.5 Å². The first-order chi connectivity index (χ1) is 12.1. The number of nitrogens with zero attached hydrogens (tertiary/aromatic N) is 4. The maximum Gasteiger partial charge on any atom is 0.338 e. The predicted molar refractivity (Wildman–Crippen MR) is 93.7 cm³/mol. The molecule has 0 aliphatic rings. The van der Waals surface area contributed by atoms with Crippen molar-refractivity contribution in [2.75, 3.05) is 13.7 Å². The monoisotopic (exact) mass is 412 g/mol. The van der Waals surface area contributed by atoms with Crippen LogP contribution in [-0.2, 0) is 17.9 Å². The second kappa shape index (κ2) is 9.36. The number of halogens is 1. The smallest absolute Gasteiger partial charge is 0.338 e. The maximum absolute atomic E-state index is 12.3. The molecule has 1 heterocycles. The molecule has 1 aromatic heterocycles. The van der Waals surface area contributed by atoms with Crippen LogP contribution in [0.2, 0.25) is 0 Å². The van der Waals surface area contributed by atoms with Crippen molar-refractivity contribution in [3.05, 3.63) is 28.0 Å². The highest BCUT2D eigenvalue weighted by atomic mass is 79.9. The minimum atomic E-state index is -0.493. The molecule has 0 unspecified atom stereocenters.